The first-order chi connectivity index (χ1) is 8.74. The van der Waals surface area contributed by atoms with Crippen molar-refractivity contribution in [1.82, 2.24) is 0 Å². The lowest BCUT2D eigenvalue weighted by Gasteiger charge is -2.05. The van der Waals surface area contributed by atoms with E-state index in [1.165, 1.54) is 57.8 Å². The highest BCUT2D eigenvalue weighted by Gasteiger charge is 2.18. The monoisotopic (exact) mass is 270 g/mol. The second kappa shape index (κ2) is 20.1. The summed E-state index contributed by atoms with van der Waals surface area (Å²) in [7, 11) is 0. The Kier molecular flexibility index (Phi) is 25.1. The van der Waals surface area contributed by atoms with Gasteiger partial charge in [-0.25, -0.2) is 0 Å². The van der Waals surface area contributed by atoms with Gasteiger partial charge in [-0.2, -0.15) is 0 Å². The summed E-state index contributed by atoms with van der Waals surface area (Å²) < 4.78 is 0. The van der Waals surface area contributed by atoms with Crippen molar-refractivity contribution < 1.29 is 0 Å². The molecule has 2 aliphatic rings. The van der Waals surface area contributed by atoms with Crippen LogP contribution in [-0.2, 0) is 0 Å². The lowest BCUT2D eigenvalue weighted by Crippen LogP contribution is -1.85. The molecule has 0 nitrogen and oxygen atoms in total. The molecule has 0 radical (unpaired) electrons. The summed E-state index contributed by atoms with van der Waals surface area (Å²) in [5.41, 5.74) is 1.59. The van der Waals surface area contributed by atoms with Crippen LogP contribution in [-0.4, -0.2) is 0 Å². The summed E-state index contributed by atoms with van der Waals surface area (Å²) >= 11 is 0. The molecule has 0 heteroatoms. The van der Waals surface area contributed by atoms with E-state index in [1.807, 2.05) is 13.8 Å². The second-order valence-corrected chi connectivity index (χ2v) is 5.24. The number of allylic oxidation sites excluding steroid dienone is 2. The normalized spacial score (nSPS) is 16.0. The fourth-order valence-electron chi connectivity index (χ4n) is 1.81. The Hall–Kier alpha value is -0.260. The molecule has 0 atom stereocenters. The molecule has 1 fully saturated rings. The van der Waals surface area contributed by atoms with Gasteiger partial charge in [-0.15, -0.1) is 0 Å². The maximum absolute atomic E-state index is 2.35. The molecule has 0 aromatic heterocycles. The summed E-state index contributed by atoms with van der Waals surface area (Å²) in [5.74, 6) is 1.15. The van der Waals surface area contributed by atoms with Crippen LogP contribution in [0.15, 0.2) is 11.6 Å². The van der Waals surface area contributed by atoms with Gasteiger partial charge in [0.25, 0.3) is 0 Å². The molecule has 0 spiro atoms. The van der Waals surface area contributed by atoms with Gasteiger partial charge in [0.1, 0.15) is 0 Å². The highest BCUT2D eigenvalue weighted by Crippen LogP contribution is 2.32. The van der Waals surface area contributed by atoms with Crippen LogP contribution in [0.5, 0.6) is 0 Å². The molecule has 19 heavy (non-hydrogen) atoms. The van der Waals surface area contributed by atoms with Crippen molar-refractivity contribution >= 4 is 0 Å². The molecular weight excluding hydrogens is 228 g/mol. The summed E-state index contributed by atoms with van der Waals surface area (Å²) in [6.45, 7) is 12.7. The van der Waals surface area contributed by atoms with Gasteiger partial charge in [-0.05, 0) is 38.5 Å². The van der Waals surface area contributed by atoms with Crippen molar-refractivity contribution in [3.05, 3.63) is 11.6 Å². The Morgan fingerprint density at radius 3 is 1.74 bits per heavy atom. The second-order valence-electron chi connectivity index (χ2n) is 5.24. The fraction of sp³-hybridized carbons (Fsp3) is 0.895. The molecule has 1 saturated carbocycles. The molecule has 0 aliphatic heterocycles. The third-order valence-electron chi connectivity index (χ3n) is 2.91. The highest BCUT2D eigenvalue weighted by molar-refractivity contribution is 5.00. The molecule has 0 N–H and O–H groups in total. The number of rotatable bonds is 2. The van der Waals surface area contributed by atoms with Crippen LogP contribution >= 0.6 is 0 Å². The smallest absolute Gasteiger partial charge is 0.0323 e. The first-order valence-electron chi connectivity index (χ1n) is 8.40. The molecule has 0 heterocycles. The Morgan fingerprint density at radius 1 is 1.05 bits per heavy atom. The van der Waals surface area contributed by atoms with Crippen LogP contribution in [0.4, 0.5) is 0 Å². The maximum atomic E-state index is 2.35. The molecule has 0 saturated heterocycles. The SMILES string of the molecule is C.CC.CC1=CCCCC1.CCC.CCCC1CC1. The van der Waals surface area contributed by atoms with Gasteiger partial charge in [0, 0.05) is 0 Å². The third kappa shape index (κ3) is 23.3. The van der Waals surface area contributed by atoms with Crippen LogP contribution in [0, 0.1) is 5.92 Å². The van der Waals surface area contributed by atoms with Gasteiger partial charge in [-0.3, -0.25) is 0 Å². The van der Waals surface area contributed by atoms with Crippen LogP contribution in [0.25, 0.3) is 0 Å². The van der Waals surface area contributed by atoms with Crippen LogP contribution in [0.1, 0.15) is 107 Å². The summed E-state index contributed by atoms with van der Waals surface area (Å²) in [5, 5.41) is 0. The van der Waals surface area contributed by atoms with E-state index in [0.29, 0.717) is 0 Å². The van der Waals surface area contributed by atoms with Crippen molar-refractivity contribution in [3.8, 4) is 0 Å². The molecule has 0 aromatic carbocycles. The lowest BCUT2D eigenvalue weighted by molar-refractivity contribution is 0.702. The summed E-state index contributed by atoms with van der Waals surface area (Å²) in [6.07, 6.45) is 15.0. The lowest BCUT2D eigenvalue weighted by atomic mass is 10.0. The molecule has 0 amide bonds. The Labute approximate surface area is 125 Å². The predicted octanol–water partition coefficient (Wildman–Crippen LogP) is 7.78. The molecule has 0 bridgehead atoms. The van der Waals surface area contributed by atoms with Crippen LogP contribution in [0.2, 0.25) is 0 Å². The summed E-state index contributed by atoms with van der Waals surface area (Å²) in [4.78, 5) is 0. The molecule has 118 valence electrons. The largest absolute Gasteiger partial charge is 0.0856 e. The zero-order valence-electron chi connectivity index (χ0n) is 14.0. The van der Waals surface area contributed by atoms with Crippen LogP contribution in [0.3, 0.4) is 0 Å². The van der Waals surface area contributed by atoms with E-state index in [4.69, 9.17) is 0 Å². The molecule has 0 unspecified atom stereocenters. The van der Waals surface area contributed by atoms with Gasteiger partial charge in [0.2, 0.25) is 0 Å². The van der Waals surface area contributed by atoms with Gasteiger partial charge in [-0.1, -0.05) is 85.8 Å². The predicted molar refractivity (Wildman–Crippen MR) is 93.9 cm³/mol. The average Bonchev–Trinajstić information content (AvgIpc) is 3.19. The Balaban J connectivity index is -0.000000197. The number of hydrogen-bond donors (Lipinski definition) is 0. The zero-order chi connectivity index (χ0) is 14.2. The Morgan fingerprint density at radius 2 is 1.58 bits per heavy atom. The van der Waals surface area contributed by atoms with E-state index < -0.39 is 0 Å². The van der Waals surface area contributed by atoms with Crippen molar-refractivity contribution in [3.63, 3.8) is 0 Å². The molecular formula is C19H42. The highest BCUT2D eigenvalue weighted by atomic mass is 14.2. The zero-order valence-corrected chi connectivity index (χ0v) is 14.0. The minimum Gasteiger partial charge on any atom is -0.0856 e. The molecule has 2 aliphatic carbocycles. The average molecular weight is 271 g/mol. The quantitative estimate of drug-likeness (QED) is 0.449. The summed E-state index contributed by atoms with van der Waals surface area (Å²) in [6, 6.07) is 0. The number of hydrogen-bond acceptors (Lipinski definition) is 0. The van der Waals surface area contributed by atoms with Crippen LogP contribution < -0.4 is 0 Å². The van der Waals surface area contributed by atoms with E-state index in [1.54, 1.807) is 5.57 Å². The fourth-order valence-corrected chi connectivity index (χ4v) is 1.81. The van der Waals surface area contributed by atoms with Crippen molar-refractivity contribution in [2.24, 2.45) is 5.92 Å². The van der Waals surface area contributed by atoms with Gasteiger partial charge in [0.05, 0.1) is 0 Å². The minimum absolute atomic E-state index is 0. The topological polar surface area (TPSA) is 0 Å². The first-order valence-corrected chi connectivity index (χ1v) is 8.40. The molecule has 2 rings (SSSR count). The Bertz CT molecular complexity index is 163. The third-order valence-corrected chi connectivity index (χ3v) is 2.91. The minimum atomic E-state index is 0. The van der Waals surface area contributed by atoms with Crippen molar-refractivity contribution in [1.29, 1.82) is 0 Å². The van der Waals surface area contributed by atoms with E-state index in [-0.39, 0.29) is 7.43 Å². The van der Waals surface area contributed by atoms with E-state index in [2.05, 4.69) is 33.8 Å². The van der Waals surface area contributed by atoms with Crippen molar-refractivity contribution in [2.75, 3.05) is 0 Å². The maximum Gasteiger partial charge on any atom is -0.0323 e. The standard InChI is InChI=1S/C7H12.C6H12.C3H8.C2H6.CH4/c1-7-5-3-2-4-6-7;1-2-3-6-4-5-6;1-3-2;1-2;/h5H,2-4,6H2,1H3;6H,2-5H2,1H3;3H2,1-2H3;1-2H3;1H4. The molecule has 0 aromatic rings. The van der Waals surface area contributed by atoms with Gasteiger partial charge < -0.3 is 0 Å². The van der Waals surface area contributed by atoms with Gasteiger partial charge >= 0.3 is 0 Å². The van der Waals surface area contributed by atoms with Crippen molar-refractivity contribution in [2.45, 2.75) is 107 Å². The van der Waals surface area contributed by atoms with Gasteiger partial charge in [0.15, 0.2) is 0 Å². The van der Waals surface area contributed by atoms with E-state index >= 15 is 0 Å². The first kappa shape index (κ1) is 23.8. The van der Waals surface area contributed by atoms with E-state index in [9.17, 15) is 0 Å². The van der Waals surface area contributed by atoms with E-state index in [0.717, 1.165) is 5.92 Å².